The molecule has 0 saturated heterocycles. The summed E-state index contributed by atoms with van der Waals surface area (Å²) in [7, 11) is 0. The van der Waals surface area contributed by atoms with Crippen LogP contribution in [0.5, 0.6) is 0 Å². The highest BCUT2D eigenvalue weighted by atomic mass is 19.4. The van der Waals surface area contributed by atoms with Gasteiger partial charge in [-0.05, 0) is 12.5 Å². The minimum Gasteiger partial charge on any atom is -0.332 e. The van der Waals surface area contributed by atoms with E-state index >= 15 is 0 Å². The third kappa shape index (κ3) is 2.41. The zero-order valence-electron chi connectivity index (χ0n) is 12.5. The first kappa shape index (κ1) is 17.1. The summed E-state index contributed by atoms with van der Waals surface area (Å²) in [6.45, 7) is 1.38. The van der Waals surface area contributed by atoms with Crippen molar-refractivity contribution in [1.29, 1.82) is 0 Å². The number of amides is 1. The molecule has 0 spiro atoms. The Balaban J connectivity index is 2.25. The molecule has 11 heteroatoms. The Morgan fingerprint density at radius 3 is 2.08 bits per heavy atom. The molecule has 0 aliphatic carbocycles. The molecule has 0 fully saturated rings. The second-order valence-corrected chi connectivity index (χ2v) is 5.39. The highest BCUT2D eigenvalue weighted by Gasteiger charge is 2.74. The Labute approximate surface area is 136 Å². The summed E-state index contributed by atoms with van der Waals surface area (Å²) in [6, 6.07) is 6.09. The van der Waals surface area contributed by atoms with Crippen LogP contribution in [0.1, 0.15) is 5.69 Å². The van der Waals surface area contributed by atoms with Gasteiger partial charge in [-0.3, -0.25) is 5.32 Å². The molecule has 0 unspecified atom stereocenters. The molecule has 1 amide bonds. The van der Waals surface area contributed by atoms with Crippen molar-refractivity contribution in [2.75, 3.05) is 5.32 Å². The number of alkyl halides is 6. The Morgan fingerprint density at radius 2 is 1.56 bits per heavy atom. The molecule has 0 bridgehead atoms. The van der Waals surface area contributed by atoms with Crippen LogP contribution in [0, 0.1) is 6.92 Å². The number of carbonyl (C=O) groups excluding carboxylic acids is 1. The number of fused-ring (bicyclic) bond motifs is 1. The first-order valence-corrected chi connectivity index (χ1v) is 6.87. The highest BCUT2D eigenvalue weighted by Crippen LogP contribution is 2.47. The summed E-state index contributed by atoms with van der Waals surface area (Å²) in [6.07, 6.45) is -11.7. The number of anilines is 1. The summed E-state index contributed by atoms with van der Waals surface area (Å²) in [5.74, 6) is -0.679. The molecule has 5 nitrogen and oxygen atoms in total. The van der Waals surface area contributed by atoms with E-state index in [1.807, 2.05) is 0 Å². The summed E-state index contributed by atoms with van der Waals surface area (Å²) in [5.41, 5.74) is -4.21. The summed E-state index contributed by atoms with van der Waals surface area (Å²) < 4.78 is 80.1. The number of hydrogen-bond donors (Lipinski definition) is 2. The number of aryl methyl sites for hydroxylation is 1. The molecular formula is C14H10F6N4O. The Morgan fingerprint density at radius 1 is 1.00 bits per heavy atom. The summed E-state index contributed by atoms with van der Waals surface area (Å²) >= 11 is 0. The lowest BCUT2D eigenvalue weighted by molar-refractivity contribution is -0.294. The van der Waals surface area contributed by atoms with Gasteiger partial charge in [0, 0.05) is 5.56 Å². The first-order chi connectivity index (χ1) is 11.5. The van der Waals surface area contributed by atoms with Crippen molar-refractivity contribution in [3.8, 4) is 11.1 Å². The molecule has 2 aromatic rings. The number of hydrogen-bond acceptors (Lipinski definition) is 3. The van der Waals surface area contributed by atoms with Crippen molar-refractivity contribution in [1.82, 2.24) is 15.1 Å². The Bertz CT molecular complexity index is 810. The second-order valence-electron chi connectivity index (χ2n) is 5.39. The maximum atomic E-state index is 13.3. The lowest BCUT2D eigenvalue weighted by atomic mass is 10.0. The minimum absolute atomic E-state index is 0.0201. The number of nitrogens with zero attached hydrogens (tertiary/aromatic N) is 2. The van der Waals surface area contributed by atoms with Crippen molar-refractivity contribution < 1.29 is 31.1 Å². The average molecular weight is 364 g/mol. The van der Waals surface area contributed by atoms with Gasteiger partial charge in [0.15, 0.2) is 0 Å². The number of nitrogens with one attached hydrogen (secondary N) is 2. The zero-order valence-corrected chi connectivity index (χ0v) is 12.5. The standard InChI is InChI=1S/C14H10F6N4O/c1-7-9(8-5-3-2-4-6-8)10-21-12(13(15,16)17,14(18,19)20)22-11(25)24(10)23-7/h2-6,21H,1H3,(H,22,25). The van der Waals surface area contributed by atoms with Crippen molar-refractivity contribution in [3.05, 3.63) is 36.0 Å². The predicted molar refractivity (Wildman–Crippen MR) is 74.8 cm³/mol. The predicted octanol–water partition coefficient (Wildman–Crippen LogP) is 3.66. The third-order valence-corrected chi connectivity index (χ3v) is 3.77. The molecule has 0 radical (unpaired) electrons. The van der Waals surface area contributed by atoms with Crippen molar-refractivity contribution in [2.24, 2.45) is 0 Å². The van der Waals surface area contributed by atoms with Gasteiger partial charge in [0.1, 0.15) is 5.82 Å². The molecule has 0 atom stereocenters. The second kappa shape index (κ2) is 5.14. The van der Waals surface area contributed by atoms with Crippen LogP contribution in [0.2, 0.25) is 0 Å². The van der Waals surface area contributed by atoms with Gasteiger partial charge in [-0.2, -0.15) is 36.1 Å². The van der Waals surface area contributed by atoms with Crippen molar-refractivity contribution in [3.63, 3.8) is 0 Å². The van der Waals surface area contributed by atoms with E-state index in [1.165, 1.54) is 24.4 Å². The Hall–Kier alpha value is -2.72. The molecule has 2 heterocycles. The molecule has 3 rings (SSSR count). The fraction of sp³-hybridized carbons (Fsp3) is 0.286. The average Bonchev–Trinajstić information content (AvgIpc) is 2.82. The van der Waals surface area contributed by atoms with Crippen LogP contribution in [0.3, 0.4) is 0 Å². The number of halogens is 6. The van der Waals surface area contributed by atoms with E-state index in [0.717, 1.165) is 5.32 Å². The lowest BCUT2D eigenvalue weighted by Gasteiger charge is -2.41. The smallest absolute Gasteiger partial charge is 0.332 e. The minimum atomic E-state index is -5.84. The summed E-state index contributed by atoms with van der Waals surface area (Å²) in [5, 5.41) is 6.13. The van der Waals surface area contributed by atoms with Crippen LogP contribution in [-0.2, 0) is 0 Å². The van der Waals surface area contributed by atoms with Gasteiger partial charge >= 0.3 is 24.0 Å². The van der Waals surface area contributed by atoms with E-state index in [2.05, 4.69) is 5.10 Å². The van der Waals surface area contributed by atoms with Crippen LogP contribution in [0.15, 0.2) is 30.3 Å². The van der Waals surface area contributed by atoms with Gasteiger partial charge in [0.2, 0.25) is 0 Å². The van der Waals surface area contributed by atoms with Crippen LogP contribution < -0.4 is 10.6 Å². The molecule has 1 aromatic heterocycles. The van der Waals surface area contributed by atoms with E-state index in [0.29, 0.717) is 10.2 Å². The van der Waals surface area contributed by atoms with Crippen LogP contribution in [0.4, 0.5) is 37.0 Å². The van der Waals surface area contributed by atoms with E-state index in [1.54, 1.807) is 18.2 Å². The molecule has 1 aromatic carbocycles. The number of aromatic nitrogens is 2. The number of carbonyl (C=O) groups is 1. The fourth-order valence-electron chi connectivity index (χ4n) is 2.61. The van der Waals surface area contributed by atoms with Gasteiger partial charge < -0.3 is 5.32 Å². The first-order valence-electron chi connectivity index (χ1n) is 6.87. The van der Waals surface area contributed by atoms with E-state index < -0.39 is 29.9 Å². The Kier molecular flexibility index (Phi) is 3.52. The largest absolute Gasteiger partial charge is 0.439 e. The molecule has 1 aliphatic heterocycles. The van der Waals surface area contributed by atoms with Crippen molar-refractivity contribution in [2.45, 2.75) is 24.9 Å². The maximum Gasteiger partial charge on any atom is 0.439 e. The maximum absolute atomic E-state index is 13.3. The topological polar surface area (TPSA) is 59.0 Å². The molecular weight excluding hydrogens is 354 g/mol. The van der Waals surface area contributed by atoms with Gasteiger partial charge in [0.25, 0.3) is 0 Å². The quantitative estimate of drug-likeness (QED) is 0.760. The lowest BCUT2D eigenvalue weighted by Crippen LogP contribution is -2.74. The van der Waals surface area contributed by atoms with E-state index in [4.69, 9.17) is 0 Å². The normalized spacial score (nSPS) is 16.8. The molecule has 1 aliphatic rings. The monoisotopic (exact) mass is 364 g/mol. The van der Waals surface area contributed by atoms with Gasteiger partial charge in [-0.25, -0.2) is 4.79 Å². The fourth-order valence-corrected chi connectivity index (χ4v) is 2.61. The van der Waals surface area contributed by atoms with E-state index in [9.17, 15) is 31.1 Å². The third-order valence-electron chi connectivity index (χ3n) is 3.77. The molecule has 134 valence electrons. The van der Waals surface area contributed by atoms with Gasteiger partial charge in [-0.1, -0.05) is 30.3 Å². The molecule has 0 saturated carbocycles. The van der Waals surface area contributed by atoms with E-state index in [-0.39, 0.29) is 11.3 Å². The molecule has 2 N–H and O–H groups in total. The number of rotatable bonds is 1. The van der Waals surface area contributed by atoms with Crippen LogP contribution in [-0.4, -0.2) is 33.8 Å². The number of benzene rings is 1. The SMILES string of the molecule is Cc1nn2c(c1-c1ccccc1)NC(C(F)(F)F)(C(F)(F)F)NC2=O. The van der Waals surface area contributed by atoms with Gasteiger partial charge in [-0.15, -0.1) is 0 Å². The van der Waals surface area contributed by atoms with Crippen LogP contribution >= 0.6 is 0 Å². The highest BCUT2D eigenvalue weighted by molar-refractivity contribution is 5.90. The zero-order chi connectivity index (χ0) is 18.6. The van der Waals surface area contributed by atoms with Crippen molar-refractivity contribution >= 4 is 11.8 Å². The summed E-state index contributed by atoms with van der Waals surface area (Å²) in [4.78, 5) is 11.9. The van der Waals surface area contributed by atoms with Crippen LogP contribution in [0.25, 0.3) is 11.1 Å². The molecule has 25 heavy (non-hydrogen) atoms. The van der Waals surface area contributed by atoms with Gasteiger partial charge in [0.05, 0.1) is 5.69 Å².